The highest BCUT2D eigenvalue weighted by Gasteiger charge is 2.24. The van der Waals surface area contributed by atoms with Gasteiger partial charge in [-0.25, -0.2) is 0 Å². The van der Waals surface area contributed by atoms with Crippen molar-refractivity contribution in [2.24, 2.45) is 5.73 Å². The van der Waals surface area contributed by atoms with Crippen molar-refractivity contribution in [3.63, 3.8) is 0 Å². The molecular formula is C9H18N4O2. The van der Waals surface area contributed by atoms with E-state index >= 15 is 0 Å². The maximum atomic E-state index is 11.6. The van der Waals surface area contributed by atoms with Crippen molar-refractivity contribution >= 4 is 11.8 Å². The molecule has 0 aromatic heterocycles. The monoisotopic (exact) mass is 214 g/mol. The van der Waals surface area contributed by atoms with Crippen LogP contribution in [-0.4, -0.2) is 67.9 Å². The number of nitrogens with two attached hydrogens (primary N) is 1. The van der Waals surface area contributed by atoms with Crippen molar-refractivity contribution in [1.82, 2.24) is 15.1 Å². The number of hydrogen-bond acceptors (Lipinski definition) is 4. The third-order valence-corrected chi connectivity index (χ3v) is 2.41. The average molecular weight is 214 g/mol. The summed E-state index contributed by atoms with van der Waals surface area (Å²) in [5.41, 5.74) is 5.23. The van der Waals surface area contributed by atoms with E-state index in [1.807, 2.05) is 7.05 Å². The molecular weight excluding hydrogens is 196 g/mol. The Morgan fingerprint density at radius 2 is 1.87 bits per heavy atom. The molecule has 0 unspecified atom stereocenters. The van der Waals surface area contributed by atoms with Gasteiger partial charge in [0.05, 0.1) is 0 Å². The van der Waals surface area contributed by atoms with Gasteiger partial charge in [0.25, 0.3) is 0 Å². The summed E-state index contributed by atoms with van der Waals surface area (Å²) >= 11 is 0. The van der Waals surface area contributed by atoms with Crippen LogP contribution in [0.2, 0.25) is 0 Å². The van der Waals surface area contributed by atoms with E-state index in [1.54, 1.807) is 4.90 Å². The number of piperazine rings is 1. The minimum Gasteiger partial charge on any atom is -0.347 e. The largest absolute Gasteiger partial charge is 0.347 e. The average Bonchev–Trinajstić information content (AvgIpc) is 2.26. The summed E-state index contributed by atoms with van der Waals surface area (Å²) in [7, 11) is 2.00. The third kappa shape index (κ3) is 3.49. The molecule has 1 fully saturated rings. The van der Waals surface area contributed by atoms with E-state index < -0.39 is 11.8 Å². The maximum Gasteiger partial charge on any atom is 0.311 e. The molecule has 3 N–H and O–H groups in total. The van der Waals surface area contributed by atoms with E-state index in [4.69, 9.17) is 5.73 Å². The second-order valence-electron chi connectivity index (χ2n) is 3.64. The highest BCUT2D eigenvalue weighted by Crippen LogP contribution is 1.99. The van der Waals surface area contributed by atoms with Gasteiger partial charge in [0.2, 0.25) is 0 Å². The predicted octanol–water partition coefficient (Wildman–Crippen LogP) is -2.16. The highest BCUT2D eigenvalue weighted by molar-refractivity contribution is 6.35. The minimum atomic E-state index is -0.551. The summed E-state index contributed by atoms with van der Waals surface area (Å²) in [6.45, 7) is 3.56. The number of nitrogens with one attached hydrogen (secondary N) is 1. The first-order valence-electron chi connectivity index (χ1n) is 5.11. The molecule has 2 amide bonds. The van der Waals surface area contributed by atoms with Gasteiger partial charge < -0.3 is 20.9 Å². The number of likely N-dealkylation sites (N-methyl/N-ethyl adjacent to an activating group) is 1. The van der Waals surface area contributed by atoms with Crippen molar-refractivity contribution in [3.8, 4) is 0 Å². The number of carbonyl (C=O) groups excluding carboxylic acids is 2. The fraction of sp³-hybridized carbons (Fsp3) is 0.778. The molecule has 1 heterocycles. The number of amides is 2. The minimum absolute atomic E-state index is 0.346. The second-order valence-corrected chi connectivity index (χ2v) is 3.64. The van der Waals surface area contributed by atoms with Crippen LogP contribution >= 0.6 is 0 Å². The quantitative estimate of drug-likeness (QED) is 0.513. The summed E-state index contributed by atoms with van der Waals surface area (Å²) in [4.78, 5) is 26.6. The summed E-state index contributed by atoms with van der Waals surface area (Å²) in [6.07, 6.45) is 0. The lowest BCUT2D eigenvalue weighted by Gasteiger charge is -2.31. The number of rotatable bonds is 2. The van der Waals surface area contributed by atoms with Gasteiger partial charge in [-0.2, -0.15) is 0 Å². The van der Waals surface area contributed by atoms with E-state index in [2.05, 4.69) is 10.2 Å². The lowest BCUT2D eigenvalue weighted by molar-refractivity contribution is -0.146. The molecule has 0 aromatic carbocycles. The number of hydrogen-bond donors (Lipinski definition) is 2. The van der Waals surface area contributed by atoms with E-state index in [0.29, 0.717) is 26.2 Å². The van der Waals surface area contributed by atoms with E-state index in [1.165, 1.54) is 0 Å². The van der Waals surface area contributed by atoms with Gasteiger partial charge in [0, 0.05) is 39.3 Å². The van der Waals surface area contributed by atoms with E-state index in [0.717, 1.165) is 13.1 Å². The van der Waals surface area contributed by atoms with E-state index in [-0.39, 0.29) is 0 Å². The Labute approximate surface area is 89.4 Å². The molecule has 0 spiro atoms. The van der Waals surface area contributed by atoms with Crippen molar-refractivity contribution in [3.05, 3.63) is 0 Å². The van der Waals surface area contributed by atoms with Crippen molar-refractivity contribution in [1.29, 1.82) is 0 Å². The van der Waals surface area contributed by atoms with Gasteiger partial charge in [0.1, 0.15) is 0 Å². The van der Waals surface area contributed by atoms with Gasteiger partial charge in [-0.1, -0.05) is 0 Å². The Morgan fingerprint density at radius 1 is 1.27 bits per heavy atom. The molecule has 0 aliphatic carbocycles. The number of nitrogens with zero attached hydrogens (tertiary/aromatic N) is 2. The molecule has 6 nitrogen and oxygen atoms in total. The standard InChI is InChI=1S/C9H18N4O2/c1-12-4-6-13(7-5-12)9(15)8(14)11-3-2-10/h2-7,10H2,1H3,(H,11,14). The zero-order chi connectivity index (χ0) is 11.3. The Kier molecular flexibility index (Phi) is 4.51. The Hall–Kier alpha value is -1.14. The summed E-state index contributed by atoms with van der Waals surface area (Å²) in [5, 5.41) is 2.47. The molecule has 1 saturated heterocycles. The molecule has 0 atom stereocenters. The second kappa shape index (κ2) is 5.67. The van der Waals surface area contributed by atoms with Crippen LogP contribution in [0.25, 0.3) is 0 Å². The van der Waals surface area contributed by atoms with Crippen LogP contribution in [0.3, 0.4) is 0 Å². The third-order valence-electron chi connectivity index (χ3n) is 2.41. The van der Waals surface area contributed by atoms with Crippen LogP contribution < -0.4 is 11.1 Å². The first-order valence-corrected chi connectivity index (χ1v) is 5.11. The topological polar surface area (TPSA) is 78.7 Å². The van der Waals surface area contributed by atoms with Gasteiger partial charge in [0.15, 0.2) is 0 Å². The SMILES string of the molecule is CN1CCN(C(=O)C(=O)NCCN)CC1. The maximum absolute atomic E-state index is 11.6. The fourth-order valence-electron chi connectivity index (χ4n) is 1.41. The first-order chi connectivity index (χ1) is 7.15. The molecule has 86 valence electrons. The van der Waals surface area contributed by atoms with Crippen LogP contribution in [0, 0.1) is 0 Å². The Bertz CT molecular complexity index is 236. The van der Waals surface area contributed by atoms with Gasteiger partial charge >= 0.3 is 11.8 Å². The van der Waals surface area contributed by atoms with Gasteiger partial charge in [-0.15, -0.1) is 0 Å². The van der Waals surface area contributed by atoms with Crippen molar-refractivity contribution in [2.45, 2.75) is 0 Å². The molecule has 15 heavy (non-hydrogen) atoms. The number of carbonyl (C=O) groups is 2. The summed E-state index contributed by atoms with van der Waals surface area (Å²) < 4.78 is 0. The molecule has 0 aromatic rings. The van der Waals surface area contributed by atoms with Gasteiger partial charge in [-0.3, -0.25) is 9.59 Å². The smallest absolute Gasteiger partial charge is 0.311 e. The lowest BCUT2D eigenvalue weighted by atomic mass is 10.3. The van der Waals surface area contributed by atoms with Crippen molar-refractivity contribution in [2.75, 3.05) is 46.3 Å². The van der Waals surface area contributed by atoms with Crippen LogP contribution in [0.5, 0.6) is 0 Å². The molecule has 1 aliphatic rings. The van der Waals surface area contributed by atoms with Crippen LogP contribution in [0.1, 0.15) is 0 Å². The summed E-state index contributed by atoms with van der Waals surface area (Å²) in [6, 6.07) is 0. The fourth-order valence-corrected chi connectivity index (χ4v) is 1.41. The van der Waals surface area contributed by atoms with Gasteiger partial charge in [-0.05, 0) is 7.05 Å². The molecule has 0 radical (unpaired) electrons. The van der Waals surface area contributed by atoms with Crippen LogP contribution in [0.15, 0.2) is 0 Å². The lowest BCUT2D eigenvalue weighted by Crippen LogP contribution is -2.52. The summed E-state index contributed by atoms with van der Waals surface area (Å²) in [5.74, 6) is -0.999. The molecule has 1 aliphatic heterocycles. The zero-order valence-electron chi connectivity index (χ0n) is 9.03. The molecule has 1 rings (SSSR count). The molecule has 0 bridgehead atoms. The zero-order valence-corrected chi connectivity index (χ0v) is 9.03. The highest BCUT2D eigenvalue weighted by atomic mass is 16.2. The van der Waals surface area contributed by atoms with E-state index in [9.17, 15) is 9.59 Å². The van der Waals surface area contributed by atoms with Crippen LogP contribution in [-0.2, 0) is 9.59 Å². The molecule has 6 heteroatoms. The Morgan fingerprint density at radius 3 is 2.40 bits per heavy atom. The molecule has 0 saturated carbocycles. The predicted molar refractivity (Wildman–Crippen MR) is 56.1 cm³/mol. The van der Waals surface area contributed by atoms with Crippen LogP contribution in [0.4, 0.5) is 0 Å². The first kappa shape index (κ1) is 11.9. The Balaban J connectivity index is 2.36. The normalized spacial score (nSPS) is 17.6. The van der Waals surface area contributed by atoms with Crippen molar-refractivity contribution < 1.29 is 9.59 Å².